The summed E-state index contributed by atoms with van der Waals surface area (Å²) in [6, 6.07) is 0. The Morgan fingerprint density at radius 3 is 1.93 bits per heavy atom. The summed E-state index contributed by atoms with van der Waals surface area (Å²) in [4.78, 5) is 0. The molecule has 0 spiro atoms. The van der Waals surface area contributed by atoms with E-state index in [1.165, 1.54) is 0 Å². The maximum absolute atomic E-state index is 4.14. The van der Waals surface area contributed by atoms with Crippen LogP contribution >= 0.6 is 0 Å². The van der Waals surface area contributed by atoms with Gasteiger partial charge in [-0.2, -0.15) is 11.8 Å². The zero-order chi connectivity index (χ0) is 11.4. The van der Waals surface area contributed by atoms with Gasteiger partial charge in [-0.25, -0.2) is 0 Å². The van der Waals surface area contributed by atoms with Crippen LogP contribution in [0.3, 0.4) is 0 Å². The molecule has 0 aliphatic rings. The summed E-state index contributed by atoms with van der Waals surface area (Å²) in [6.45, 7) is 17.5. The predicted molar refractivity (Wildman–Crippen MR) is 65.8 cm³/mol. The van der Waals surface area contributed by atoms with E-state index in [-0.39, 0.29) is 38.1 Å². The molecule has 15 heavy (non-hydrogen) atoms. The molecule has 0 aromatic carbocycles. The van der Waals surface area contributed by atoms with E-state index in [1.54, 1.807) is 0 Å². The summed E-state index contributed by atoms with van der Waals surface area (Å²) in [5.41, 5.74) is 0.598. The molecule has 1 unspecified atom stereocenters. The normalized spacial score (nSPS) is 15.1. The first-order valence-corrected chi connectivity index (χ1v) is 5.47. The van der Waals surface area contributed by atoms with Gasteiger partial charge in [0.2, 0.25) is 0 Å². The maximum Gasteiger partial charge on any atom is 0 e. The number of rotatable bonds is 3. The molecule has 0 rings (SSSR count). The molecule has 0 fully saturated rings. The van der Waals surface area contributed by atoms with Crippen molar-refractivity contribution in [3.63, 3.8) is 0 Å². The van der Waals surface area contributed by atoms with Crippen LogP contribution in [0.4, 0.5) is 0 Å². The quantitative estimate of drug-likeness (QED) is 0.521. The van der Waals surface area contributed by atoms with E-state index < -0.39 is 0 Å². The summed E-state index contributed by atoms with van der Waals surface area (Å²) in [5, 5.41) is 0. The minimum absolute atomic E-state index is 0. The molecule has 0 aromatic heterocycles. The van der Waals surface area contributed by atoms with Crippen LogP contribution in [0, 0.1) is 30.1 Å². The summed E-state index contributed by atoms with van der Waals surface area (Å²) in [5.74, 6) is 0.399. The molecular weight excluding hydrogens is 257 g/mol. The number of hydrogen-bond acceptors (Lipinski definition) is 0. The van der Waals surface area contributed by atoms with Crippen LogP contribution in [0.5, 0.6) is 0 Å². The fraction of sp³-hybridized carbons (Fsp3) is 0.714. The van der Waals surface area contributed by atoms with Gasteiger partial charge in [0, 0.05) is 32.7 Å². The Kier molecular flexibility index (Phi) is 8.77. The third-order valence-corrected chi connectivity index (χ3v) is 2.35. The van der Waals surface area contributed by atoms with E-state index in [4.69, 9.17) is 0 Å². The van der Waals surface area contributed by atoms with Gasteiger partial charge < -0.3 is 13.3 Å². The SMILES string of the molecule is [CH2-]C(/C=C\C[CH-]C(C)(C)C)C(C)(C)C.[Y]. The van der Waals surface area contributed by atoms with Crippen molar-refractivity contribution >= 4 is 0 Å². The van der Waals surface area contributed by atoms with Gasteiger partial charge in [0.1, 0.15) is 0 Å². The smallest absolute Gasteiger partial charge is 0 e. The van der Waals surface area contributed by atoms with Crippen LogP contribution in [0.2, 0.25) is 0 Å². The van der Waals surface area contributed by atoms with E-state index in [1.807, 2.05) is 0 Å². The second-order valence-corrected chi connectivity index (χ2v) is 6.21. The third-order valence-electron chi connectivity index (χ3n) is 2.35. The van der Waals surface area contributed by atoms with Crippen molar-refractivity contribution in [1.29, 1.82) is 0 Å². The molecule has 0 saturated heterocycles. The molecule has 0 aliphatic heterocycles. The van der Waals surface area contributed by atoms with Crippen molar-refractivity contribution in [3.05, 3.63) is 25.5 Å². The summed E-state index contributed by atoms with van der Waals surface area (Å²) in [7, 11) is 0. The van der Waals surface area contributed by atoms with E-state index in [9.17, 15) is 0 Å². The van der Waals surface area contributed by atoms with Gasteiger partial charge in [-0.05, 0) is 0 Å². The van der Waals surface area contributed by atoms with Gasteiger partial charge >= 0.3 is 0 Å². The van der Waals surface area contributed by atoms with Crippen molar-refractivity contribution in [1.82, 2.24) is 0 Å². The number of hydrogen-bond donors (Lipinski definition) is 0. The molecule has 0 aliphatic carbocycles. The molecule has 0 nitrogen and oxygen atoms in total. The van der Waals surface area contributed by atoms with E-state index in [0.29, 0.717) is 11.3 Å². The average Bonchev–Trinajstić information content (AvgIpc) is 1.93. The van der Waals surface area contributed by atoms with Crippen molar-refractivity contribution < 1.29 is 32.7 Å². The minimum atomic E-state index is 0. The molecule has 1 heteroatoms. The Labute approximate surface area is 122 Å². The van der Waals surface area contributed by atoms with Crippen LogP contribution in [0.15, 0.2) is 12.2 Å². The Morgan fingerprint density at radius 2 is 1.60 bits per heavy atom. The van der Waals surface area contributed by atoms with Gasteiger partial charge in [-0.15, -0.1) is 18.1 Å². The Bertz CT molecular complexity index is 178. The van der Waals surface area contributed by atoms with Crippen molar-refractivity contribution in [2.75, 3.05) is 0 Å². The van der Waals surface area contributed by atoms with Crippen LogP contribution < -0.4 is 0 Å². The maximum atomic E-state index is 4.14. The van der Waals surface area contributed by atoms with Gasteiger partial charge in [0.25, 0.3) is 0 Å². The average molecular weight is 283 g/mol. The molecule has 87 valence electrons. The second-order valence-electron chi connectivity index (χ2n) is 6.21. The number of allylic oxidation sites excluding steroid dienone is 2. The zero-order valence-electron chi connectivity index (χ0n) is 11.3. The van der Waals surface area contributed by atoms with E-state index in [2.05, 4.69) is 67.0 Å². The van der Waals surface area contributed by atoms with Crippen molar-refractivity contribution in [3.8, 4) is 0 Å². The molecule has 0 saturated carbocycles. The Hall–Kier alpha value is 0.844. The van der Waals surface area contributed by atoms with E-state index >= 15 is 0 Å². The van der Waals surface area contributed by atoms with Gasteiger partial charge in [0.05, 0.1) is 0 Å². The molecule has 0 bridgehead atoms. The summed E-state index contributed by atoms with van der Waals surface area (Å²) >= 11 is 0. The summed E-state index contributed by atoms with van der Waals surface area (Å²) in [6.07, 6.45) is 7.83. The Morgan fingerprint density at radius 1 is 1.13 bits per heavy atom. The molecule has 1 radical (unpaired) electrons. The molecule has 0 aromatic rings. The molecule has 1 atom stereocenters. The first kappa shape index (κ1) is 18.2. The molecule has 0 N–H and O–H groups in total. The van der Waals surface area contributed by atoms with Crippen LogP contribution in [-0.4, -0.2) is 0 Å². The largest absolute Gasteiger partial charge is 0.336 e. The standard InChI is InChI=1S/C14H26.Y/c1-12(14(5,6)7)10-8-9-11-13(2,3)4;/h8,10-12H,1,9H2,2-7H3;/q-2;/b10-8-;. The van der Waals surface area contributed by atoms with Crippen molar-refractivity contribution in [2.45, 2.75) is 48.0 Å². The van der Waals surface area contributed by atoms with Gasteiger partial charge in [-0.1, -0.05) is 47.0 Å². The molecular formula is C14H26Y-2. The fourth-order valence-corrected chi connectivity index (χ4v) is 0.953. The van der Waals surface area contributed by atoms with Crippen molar-refractivity contribution in [2.24, 2.45) is 16.7 Å². The molecule has 0 amide bonds. The van der Waals surface area contributed by atoms with Gasteiger partial charge in [-0.3, -0.25) is 0 Å². The fourth-order valence-electron chi connectivity index (χ4n) is 0.953. The van der Waals surface area contributed by atoms with Crippen LogP contribution in [0.1, 0.15) is 48.0 Å². The zero-order valence-corrected chi connectivity index (χ0v) is 14.1. The topological polar surface area (TPSA) is 0 Å². The Balaban J connectivity index is 0. The monoisotopic (exact) mass is 283 g/mol. The van der Waals surface area contributed by atoms with Crippen LogP contribution in [-0.2, 0) is 32.7 Å². The minimum Gasteiger partial charge on any atom is -0.336 e. The predicted octanol–water partition coefficient (Wildman–Crippen LogP) is 4.68. The first-order valence-electron chi connectivity index (χ1n) is 5.47. The van der Waals surface area contributed by atoms with E-state index in [0.717, 1.165) is 6.42 Å². The second kappa shape index (κ2) is 7.22. The molecule has 0 heterocycles. The van der Waals surface area contributed by atoms with Gasteiger partial charge in [0.15, 0.2) is 0 Å². The summed E-state index contributed by atoms with van der Waals surface area (Å²) < 4.78 is 0. The van der Waals surface area contributed by atoms with Crippen LogP contribution in [0.25, 0.3) is 0 Å². The first-order chi connectivity index (χ1) is 6.13. The third kappa shape index (κ3) is 11.1.